The molecule has 1 aliphatic heterocycles. The van der Waals surface area contributed by atoms with Gasteiger partial charge in [-0.25, -0.2) is 4.79 Å². The summed E-state index contributed by atoms with van der Waals surface area (Å²) in [5, 5.41) is 8.82. The van der Waals surface area contributed by atoms with E-state index in [0.717, 1.165) is 61.0 Å². The Morgan fingerprint density at radius 1 is 0.850 bits per heavy atom. The fourth-order valence-corrected chi connectivity index (χ4v) is 4.90. The molecule has 4 rings (SSSR count). The first-order valence-electron chi connectivity index (χ1n) is 13.7. The lowest BCUT2D eigenvalue weighted by Crippen LogP contribution is -2.47. The van der Waals surface area contributed by atoms with Crippen LogP contribution in [-0.2, 0) is 11.2 Å². The molecule has 1 fully saturated rings. The number of anilines is 4. The zero-order chi connectivity index (χ0) is 28.3. The number of carbonyl (C=O) groups excluding carboxylic acids is 2. The highest BCUT2D eigenvalue weighted by atomic mass is 16.5. The maximum absolute atomic E-state index is 13.3. The van der Waals surface area contributed by atoms with Gasteiger partial charge in [-0.15, -0.1) is 0 Å². The van der Waals surface area contributed by atoms with Gasteiger partial charge in [-0.3, -0.25) is 4.79 Å². The Labute approximate surface area is 236 Å². The van der Waals surface area contributed by atoms with Gasteiger partial charge >= 0.3 is 6.03 Å². The van der Waals surface area contributed by atoms with Crippen LogP contribution >= 0.6 is 0 Å². The molecule has 3 amide bonds. The van der Waals surface area contributed by atoms with Crippen molar-refractivity contribution in [3.8, 4) is 5.75 Å². The molecule has 9 nitrogen and oxygen atoms in total. The van der Waals surface area contributed by atoms with Crippen molar-refractivity contribution in [2.45, 2.75) is 19.8 Å². The minimum atomic E-state index is -0.356. The smallest absolute Gasteiger partial charge is 0.323 e. The average molecular weight is 546 g/mol. The van der Waals surface area contributed by atoms with Crippen molar-refractivity contribution in [3.63, 3.8) is 0 Å². The minimum absolute atomic E-state index is 0.182. The molecule has 1 saturated heterocycles. The van der Waals surface area contributed by atoms with Gasteiger partial charge in [-0.05, 0) is 54.8 Å². The van der Waals surface area contributed by atoms with Crippen LogP contribution in [0.25, 0.3) is 0 Å². The van der Waals surface area contributed by atoms with Crippen LogP contribution in [0.2, 0.25) is 0 Å². The number of aryl methyl sites for hydroxylation is 1. The second kappa shape index (κ2) is 14.2. The molecule has 0 saturated carbocycles. The van der Waals surface area contributed by atoms with Crippen LogP contribution in [0, 0.1) is 0 Å². The predicted molar refractivity (Wildman–Crippen MR) is 161 cm³/mol. The number of benzene rings is 3. The summed E-state index contributed by atoms with van der Waals surface area (Å²) in [4.78, 5) is 30.7. The standard InChI is InChI=1S/C31H39N5O4/c1-4-23-10-5-6-11-26(23)34-31(38)33-24-14-15-27(25(22-24)30(37)32-16-9-21-39-2)35-17-19-36(20-18-35)28-12-7-8-13-29(28)40-3/h5-8,10-15,22H,4,9,16-21H2,1-3H3,(H,32,37)(H2,33,34,38). The van der Waals surface area contributed by atoms with Crippen molar-refractivity contribution >= 4 is 34.7 Å². The zero-order valence-electron chi connectivity index (χ0n) is 23.5. The quantitative estimate of drug-likeness (QED) is 0.294. The topological polar surface area (TPSA) is 95.2 Å². The summed E-state index contributed by atoms with van der Waals surface area (Å²) >= 11 is 0. The van der Waals surface area contributed by atoms with Crippen LogP contribution in [-0.4, -0.2) is 65.5 Å². The Kier molecular flexibility index (Phi) is 10.2. The Morgan fingerprint density at radius 2 is 1.55 bits per heavy atom. The van der Waals surface area contributed by atoms with Crippen molar-refractivity contribution in [1.29, 1.82) is 0 Å². The number of methoxy groups -OCH3 is 2. The lowest BCUT2D eigenvalue weighted by atomic mass is 10.1. The normalized spacial score (nSPS) is 13.1. The number of urea groups is 1. The molecule has 1 aliphatic rings. The molecule has 0 unspecified atom stereocenters. The van der Waals surface area contributed by atoms with Crippen LogP contribution in [0.5, 0.6) is 5.75 Å². The van der Waals surface area contributed by atoms with Gasteiger partial charge in [0.2, 0.25) is 0 Å². The van der Waals surface area contributed by atoms with Crippen molar-refractivity contribution in [3.05, 3.63) is 77.9 Å². The first kappa shape index (κ1) is 28.8. The molecule has 1 heterocycles. The van der Waals surface area contributed by atoms with Gasteiger partial charge in [0, 0.05) is 63.5 Å². The van der Waals surface area contributed by atoms with Crippen LogP contribution in [0.15, 0.2) is 66.7 Å². The third kappa shape index (κ3) is 7.24. The van der Waals surface area contributed by atoms with Crippen LogP contribution < -0.4 is 30.5 Å². The SMILES string of the molecule is CCc1ccccc1NC(=O)Nc1ccc(N2CCN(c3ccccc3OC)CC2)c(C(=O)NCCCOC)c1. The third-order valence-corrected chi connectivity index (χ3v) is 7.00. The highest BCUT2D eigenvalue weighted by molar-refractivity contribution is 6.04. The van der Waals surface area contributed by atoms with Crippen molar-refractivity contribution in [1.82, 2.24) is 5.32 Å². The third-order valence-electron chi connectivity index (χ3n) is 7.00. The van der Waals surface area contributed by atoms with Gasteiger partial charge in [0.15, 0.2) is 0 Å². The molecule has 0 aromatic heterocycles. The Morgan fingerprint density at radius 3 is 2.27 bits per heavy atom. The number of nitrogens with zero attached hydrogens (tertiary/aromatic N) is 2. The van der Waals surface area contributed by atoms with Crippen LogP contribution in [0.1, 0.15) is 29.3 Å². The molecule has 0 bridgehead atoms. The van der Waals surface area contributed by atoms with E-state index in [0.29, 0.717) is 30.8 Å². The summed E-state index contributed by atoms with van der Waals surface area (Å²) in [5.41, 5.74) is 4.79. The number of hydrogen-bond acceptors (Lipinski definition) is 6. The lowest BCUT2D eigenvalue weighted by Gasteiger charge is -2.38. The summed E-state index contributed by atoms with van der Waals surface area (Å²) < 4.78 is 10.7. The monoisotopic (exact) mass is 545 g/mol. The van der Waals surface area contributed by atoms with E-state index < -0.39 is 0 Å². The van der Waals surface area contributed by atoms with Gasteiger partial charge in [-0.2, -0.15) is 0 Å². The molecule has 9 heteroatoms. The summed E-state index contributed by atoms with van der Waals surface area (Å²) in [6.07, 6.45) is 1.52. The van der Waals surface area contributed by atoms with Gasteiger partial charge < -0.3 is 35.2 Å². The van der Waals surface area contributed by atoms with E-state index in [1.165, 1.54) is 0 Å². The molecular formula is C31H39N5O4. The zero-order valence-corrected chi connectivity index (χ0v) is 23.5. The molecular weight excluding hydrogens is 506 g/mol. The van der Waals surface area contributed by atoms with E-state index >= 15 is 0 Å². The predicted octanol–water partition coefficient (Wildman–Crippen LogP) is 4.99. The summed E-state index contributed by atoms with van der Waals surface area (Å²) in [6, 6.07) is 20.9. The molecule has 0 aliphatic carbocycles. The maximum Gasteiger partial charge on any atom is 0.323 e. The fraction of sp³-hybridized carbons (Fsp3) is 0.355. The number of rotatable bonds is 11. The summed E-state index contributed by atoms with van der Waals surface area (Å²) in [7, 11) is 3.33. The second-order valence-corrected chi connectivity index (χ2v) is 9.57. The van der Waals surface area contributed by atoms with E-state index in [1.807, 2.05) is 61.5 Å². The molecule has 40 heavy (non-hydrogen) atoms. The molecule has 3 aromatic rings. The summed E-state index contributed by atoms with van der Waals surface area (Å²) in [6.45, 7) is 6.17. The highest BCUT2D eigenvalue weighted by Gasteiger charge is 2.24. The number of hydrogen-bond donors (Lipinski definition) is 3. The first-order valence-corrected chi connectivity index (χ1v) is 13.7. The first-order chi connectivity index (χ1) is 19.5. The number of para-hydroxylation sites is 3. The molecule has 0 atom stereocenters. The van der Waals surface area contributed by atoms with E-state index in [4.69, 9.17) is 9.47 Å². The second-order valence-electron chi connectivity index (χ2n) is 9.57. The molecule has 3 aromatic carbocycles. The van der Waals surface area contributed by atoms with Crippen molar-refractivity contribution in [2.24, 2.45) is 0 Å². The molecule has 0 spiro atoms. The molecule has 212 valence electrons. The number of ether oxygens (including phenoxy) is 2. The number of nitrogens with one attached hydrogen (secondary N) is 3. The Hall–Kier alpha value is -4.24. The Balaban J connectivity index is 1.50. The number of piperazine rings is 1. The van der Waals surface area contributed by atoms with E-state index in [2.05, 4.69) is 31.8 Å². The fourth-order valence-electron chi connectivity index (χ4n) is 4.90. The Bertz CT molecular complexity index is 1290. The van der Waals surface area contributed by atoms with Crippen LogP contribution in [0.3, 0.4) is 0 Å². The summed E-state index contributed by atoms with van der Waals surface area (Å²) in [5.74, 6) is 0.668. The number of carbonyl (C=O) groups is 2. The average Bonchev–Trinajstić information content (AvgIpc) is 2.99. The van der Waals surface area contributed by atoms with Gasteiger partial charge in [0.1, 0.15) is 5.75 Å². The van der Waals surface area contributed by atoms with E-state index in [-0.39, 0.29) is 11.9 Å². The number of amides is 3. The molecule has 0 radical (unpaired) electrons. The van der Waals surface area contributed by atoms with Crippen molar-refractivity contribution < 1.29 is 19.1 Å². The van der Waals surface area contributed by atoms with Gasteiger partial charge in [0.05, 0.1) is 18.4 Å². The minimum Gasteiger partial charge on any atom is -0.495 e. The molecule has 3 N–H and O–H groups in total. The van der Waals surface area contributed by atoms with Crippen LogP contribution in [0.4, 0.5) is 27.5 Å². The maximum atomic E-state index is 13.3. The van der Waals surface area contributed by atoms with Gasteiger partial charge in [-0.1, -0.05) is 37.3 Å². The highest BCUT2D eigenvalue weighted by Crippen LogP contribution is 2.31. The van der Waals surface area contributed by atoms with E-state index in [9.17, 15) is 9.59 Å². The lowest BCUT2D eigenvalue weighted by molar-refractivity contribution is 0.0949. The van der Waals surface area contributed by atoms with Gasteiger partial charge in [0.25, 0.3) is 5.91 Å². The van der Waals surface area contributed by atoms with Crippen molar-refractivity contribution in [2.75, 3.05) is 74.0 Å². The van der Waals surface area contributed by atoms with E-state index in [1.54, 1.807) is 20.3 Å². The largest absolute Gasteiger partial charge is 0.495 e.